The summed E-state index contributed by atoms with van der Waals surface area (Å²) >= 11 is 1.80. The zero-order valence-corrected chi connectivity index (χ0v) is 8.39. The van der Waals surface area contributed by atoms with Gasteiger partial charge in [-0.05, 0) is 12.8 Å². The Hall–Kier alpha value is -0.310. The molecule has 0 aromatic heterocycles. The summed E-state index contributed by atoms with van der Waals surface area (Å²) < 4.78 is 2.28. The fourth-order valence-corrected chi connectivity index (χ4v) is 2.43. The first-order valence-corrected chi connectivity index (χ1v) is 5.83. The van der Waals surface area contributed by atoms with E-state index in [1.54, 1.807) is 11.9 Å². The van der Waals surface area contributed by atoms with Crippen LogP contribution in [0.1, 0.15) is 25.7 Å². The van der Waals surface area contributed by atoms with Crippen LogP contribution in [0.5, 0.6) is 0 Å². The van der Waals surface area contributed by atoms with E-state index < -0.39 is 0 Å². The van der Waals surface area contributed by atoms with E-state index in [9.17, 15) is 0 Å². The van der Waals surface area contributed by atoms with Gasteiger partial charge in [0.05, 0.1) is 0 Å². The van der Waals surface area contributed by atoms with Crippen molar-refractivity contribution in [3.63, 3.8) is 0 Å². The monoisotopic (exact) mass is 184 g/mol. The third kappa shape index (κ3) is 1.56. The third-order valence-electron chi connectivity index (χ3n) is 2.76. The van der Waals surface area contributed by atoms with Crippen molar-refractivity contribution in [1.82, 2.24) is 9.21 Å². The van der Waals surface area contributed by atoms with Crippen LogP contribution >= 0.6 is 11.9 Å². The predicted molar refractivity (Wildman–Crippen MR) is 53.5 cm³/mol. The minimum absolute atomic E-state index is 0.832. The Kier molecular flexibility index (Phi) is 2.49. The molecule has 1 aliphatic heterocycles. The topological polar surface area (TPSA) is 6.48 Å². The Morgan fingerprint density at radius 1 is 1.25 bits per heavy atom. The highest BCUT2D eigenvalue weighted by Gasteiger charge is 2.23. The first-order chi connectivity index (χ1) is 5.90. The summed E-state index contributed by atoms with van der Waals surface area (Å²) in [5.41, 5.74) is 0. The number of hydrogen-bond donors (Lipinski definition) is 0. The highest BCUT2D eigenvalue weighted by atomic mass is 32.2. The van der Waals surface area contributed by atoms with Gasteiger partial charge in [0.1, 0.15) is 6.67 Å². The molecule has 0 spiro atoms. The molecule has 1 heterocycles. The molecule has 0 N–H and O–H groups in total. The average Bonchev–Trinajstić information content (AvgIpc) is 2.75. The molecule has 1 aliphatic carbocycles. The lowest BCUT2D eigenvalue weighted by molar-refractivity contribution is 0.263. The molecule has 0 unspecified atom stereocenters. The van der Waals surface area contributed by atoms with Gasteiger partial charge in [0.2, 0.25) is 0 Å². The van der Waals surface area contributed by atoms with Crippen molar-refractivity contribution in [2.75, 3.05) is 12.9 Å². The first kappa shape index (κ1) is 8.30. The first-order valence-electron chi connectivity index (χ1n) is 4.65. The van der Waals surface area contributed by atoms with Crippen LogP contribution in [-0.4, -0.2) is 28.2 Å². The Balaban J connectivity index is 1.87. The van der Waals surface area contributed by atoms with E-state index in [2.05, 4.69) is 27.9 Å². The largest absolute Gasteiger partial charge is 0.355 e. The van der Waals surface area contributed by atoms with Crippen LogP contribution < -0.4 is 0 Å². The fourth-order valence-electron chi connectivity index (χ4n) is 2.01. The lowest BCUT2D eigenvalue weighted by Crippen LogP contribution is -2.29. The van der Waals surface area contributed by atoms with Gasteiger partial charge in [0.15, 0.2) is 0 Å². The van der Waals surface area contributed by atoms with Gasteiger partial charge in [-0.15, -0.1) is 0 Å². The smallest absolute Gasteiger partial charge is 0.100 e. The predicted octanol–water partition coefficient (Wildman–Crippen LogP) is 2.25. The van der Waals surface area contributed by atoms with Crippen LogP contribution in [-0.2, 0) is 0 Å². The molecule has 0 radical (unpaired) electrons. The van der Waals surface area contributed by atoms with Crippen LogP contribution in [0, 0.1) is 0 Å². The summed E-state index contributed by atoms with van der Waals surface area (Å²) in [6.07, 6.45) is 12.2. The molecule has 2 aliphatic rings. The molecule has 0 saturated heterocycles. The summed E-state index contributed by atoms with van der Waals surface area (Å²) in [6, 6.07) is 0.832. The van der Waals surface area contributed by atoms with Crippen molar-refractivity contribution >= 4 is 11.9 Å². The molecular formula is C9H16N2S. The second-order valence-corrected chi connectivity index (χ2v) is 4.33. The summed E-state index contributed by atoms with van der Waals surface area (Å²) in [7, 11) is 0. The van der Waals surface area contributed by atoms with Gasteiger partial charge in [0.25, 0.3) is 0 Å². The third-order valence-corrected chi connectivity index (χ3v) is 3.46. The van der Waals surface area contributed by atoms with Gasteiger partial charge in [-0.2, -0.15) is 0 Å². The molecule has 0 amide bonds. The molecule has 1 saturated carbocycles. The molecule has 0 aromatic rings. The van der Waals surface area contributed by atoms with E-state index in [1.807, 2.05) is 0 Å². The van der Waals surface area contributed by atoms with Crippen molar-refractivity contribution in [3.8, 4) is 0 Å². The average molecular weight is 184 g/mol. The zero-order valence-electron chi connectivity index (χ0n) is 7.57. The summed E-state index contributed by atoms with van der Waals surface area (Å²) in [4.78, 5) is 2.48. The maximum absolute atomic E-state index is 2.48. The number of hydrogen-bond acceptors (Lipinski definition) is 3. The second kappa shape index (κ2) is 3.60. The van der Waals surface area contributed by atoms with Gasteiger partial charge < -0.3 is 9.21 Å². The highest BCUT2D eigenvalue weighted by Crippen LogP contribution is 2.27. The minimum atomic E-state index is 0.832. The van der Waals surface area contributed by atoms with Crippen LogP contribution in [0.25, 0.3) is 0 Å². The lowest BCUT2D eigenvalue weighted by atomic mass is 10.2. The van der Waals surface area contributed by atoms with Gasteiger partial charge >= 0.3 is 0 Å². The summed E-state index contributed by atoms with van der Waals surface area (Å²) in [5, 5.41) is 0. The second-order valence-electron chi connectivity index (χ2n) is 3.49. The molecule has 3 heteroatoms. The normalized spacial score (nSPS) is 24.4. The maximum Gasteiger partial charge on any atom is 0.100 e. The fraction of sp³-hybridized carbons (Fsp3) is 0.778. The summed E-state index contributed by atoms with van der Waals surface area (Å²) in [6.45, 7) is 1.09. The SMILES string of the molecule is CSN1C=CN(C2CCCC2)C1. The van der Waals surface area contributed by atoms with Crippen molar-refractivity contribution in [3.05, 3.63) is 12.4 Å². The van der Waals surface area contributed by atoms with E-state index in [0.29, 0.717) is 0 Å². The van der Waals surface area contributed by atoms with Crippen LogP contribution in [0.2, 0.25) is 0 Å². The molecule has 0 bridgehead atoms. The van der Waals surface area contributed by atoms with Crippen molar-refractivity contribution in [1.29, 1.82) is 0 Å². The maximum atomic E-state index is 2.48. The van der Waals surface area contributed by atoms with Crippen molar-refractivity contribution in [2.24, 2.45) is 0 Å². The van der Waals surface area contributed by atoms with Gasteiger partial charge in [-0.1, -0.05) is 24.8 Å². The molecule has 1 fully saturated rings. The van der Waals surface area contributed by atoms with E-state index in [1.165, 1.54) is 25.7 Å². The van der Waals surface area contributed by atoms with Crippen LogP contribution in [0.3, 0.4) is 0 Å². The molecule has 2 rings (SSSR count). The Morgan fingerprint density at radius 2 is 2.00 bits per heavy atom. The molecule has 68 valence electrons. The molecule has 0 atom stereocenters. The quantitative estimate of drug-likeness (QED) is 0.608. The highest BCUT2D eigenvalue weighted by molar-refractivity contribution is 7.96. The number of nitrogens with zero attached hydrogens (tertiary/aromatic N) is 2. The Morgan fingerprint density at radius 3 is 2.58 bits per heavy atom. The standard InChI is InChI=1S/C9H16N2S/c1-12-11-7-6-10(8-11)9-4-2-3-5-9/h6-7,9H,2-5,8H2,1H3. The van der Waals surface area contributed by atoms with E-state index in [-0.39, 0.29) is 0 Å². The molecule has 0 aromatic carbocycles. The molecule has 12 heavy (non-hydrogen) atoms. The summed E-state index contributed by atoms with van der Waals surface area (Å²) in [5.74, 6) is 0. The van der Waals surface area contributed by atoms with E-state index in [0.717, 1.165) is 12.7 Å². The van der Waals surface area contributed by atoms with Gasteiger partial charge in [-0.3, -0.25) is 0 Å². The van der Waals surface area contributed by atoms with Crippen LogP contribution in [0.15, 0.2) is 12.4 Å². The Labute approximate surface area is 78.7 Å². The van der Waals surface area contributed by atoms with Gasteiger partial charge in [-0.25, -0.2) is 0 Å². The van der Waals surface area contributed by atoms with E-state index in [4.69, 9.17) is 0 Å². The molecular weight excluding hydrogens is 168 g/mol. The lowest BCUT2D eigenvalue weighted by Gasteiger charge is -2.25. The van der Waals surface area contributed by atoms with Crippen molar-refractivity contribution < 1.29 is 0 Å². The van der Waals surface area contributed by atoms with Crippen molar-refractivity contribution in [2.45, 2.75) is 31.7 Å². The van der Waals surface area contributed by atoms with E-state index >= 15 is 0 Å². The van der Waals surface area contributed by atoms with Gasteiger partial charge in [0, 0.05) is 24.7 Å². The zero-order chi connectivity index (χ0) is 8.39. The number of rotatable bonds is 2. The van der Waals surface area contributed by atoms with Crippen LogP contribution in [0.4, 0.5) is 0 Å². The molecule has 2 nitrogen and oxygen atoms in total. The minimum Gasteiger partial charge on any atom is -0.355 e. The Bertz CT molecular complexity index is 175.